The molecule has 0 bridgehead atoms. The molecule has 6 heteroatoms. The van der Waals surface area contributed by atoms with E-state index in [0.717, 1.165) is 37.7 Å². The first-order valence-corrected chi connectivity index (χ1v) is 8.87. The Labute approximate surface area is 126 Å². The third-order valence-corrected chi connectivity index (χ3v) is 5.50. The predicted octanol–water partition coefficient (Wildman–Crippen LogP) is 2.02. The highest BCUT2D eigenvalue weighted by molar-refractivity contribution is 7.89. The van der Waals surface area contributed by atoms with Gasteiger partial charge in [0.25, 0.3) is 0 Å². The number of rotatable bonds is 6. The number of aryl methyl sites for hydroxylation is 1. The van der Waals surface area contributed by atoms with Crippen molar-refractivity contribution in [2.45, 2.75) is 50.0 Å². The van der Waals surface area contributed by atoms with Crippen LogP contribution in [0.4, 0.5) is 0 Å². The number of sulfonamides is 1. The summed E-state index contributed by atoms with van der Waals surface area (Å²) in [6.07, 6.45) is 4.39. The first-order valence-electron chi connectivity index (χ1n) is 7.39. The van der Waals surface area contributed by atoms with E-state index in [0.29, 0.717) is 0 Å². The second-order valence-corrected chi connectivity index (χ2v) is 7.33. The molecule has 0 amide bonds. The summed E-state index contributed by atoms with van der Waals surface area (Å²) in [5.41, 5.74) is 6.69. The van der Waals surface area contributed by atoms with Gasteiger partial charge in [-0.1, -0.05) is 31.9 Å². The third-order valence-electron chi connectivity index (χ3n) is 3.99. The fraction of sp³-hybridized carbons (Fsp3) is 0.533. The minimum Gasteiger partial charge on any atom is -0.387 e. The Morgan fingerprint density at radius 3 is 2.57 bits per heavy atom. The SMILES string of the molecule is CCCc1ccc(S(=O)(=O)NC2CCCC2C(=N)N)cc1. The molecule has 2 unspecified atom stereocenters. The van der Waals surface area contributed by atoms with Crippen LogP contribution in [0, 0.1) is 11.3 Å². The molecule has 4 N–H and O–H groups in total. The summed E-state index contributed by atoms with van der Waals surface area (Å²) >= 11 is 0. The average molecular weight is 309 g/mol. The van der Waals surface area contributed by atoms with Crippen LogP contribution in [0.1, 0.15) is 38.2 Å². The van der Waals surface area contributed by atoms with Crippen LogP contribution in [0.3, 0.4) is 0 Å². The topological polar surface area (TPSA) is 96.0 Å². The quantitative estimate of drug-likeness (QED) is 0.554. The van der Waals surface area contributed by atoms with E-state index < -0.39 is 10.0 Å². The van der Waals surface area contributed by atoms with Gasteiger partial charge in [-0.3, -0.25) is 5.41 Å². The van der Waals surface area contributed by atoms with Crippen LogP contribution in [0.15, 0.2) is 29.2 Å². The zero-order chi connectivity index (χ0) is 15.5. The minimum atomic E-state index is -3.54. The smallest absolute Gasteiger partial charge is 0.240 e. The molecule has 0 saturated heterocycles. The molecular formula is C15H23N3O2S. The van der Waals surface area contributed by atoms with Crippen molar-refractivity contribution < 1.29 is 8.42 Å². The molecule has 0 spiro atoms. The zero-order valence-corrected chi connectivity index (χ0v) is 13.1. The van der Waals surface area contributed by atoms with E-state index in [9.17, 15) is 8.42 Å². The molecule has 0 aromatic heterocycles. The average Bonchev–Trinajstić information content (AvgIpc) is 2.87. The highest BCUT2D eigenvalue weighted by Crippen LogP contribution is 2.27. The van der Waals surface area contributed by atoms with Crippen molar-refractivity contribution in [1.82, 2.24) is 4.72 Å². The second kappa shape index (κ2) is 6.58. The number of nitrogens with one attached hydrogen (secondary N) is 2. The van der Waals surface area contributed by atoms with Gasteiger partial charge in [-0.05, 0) is 37.0 Å². The van der Waals surface area contributed by atoms with Gasteiger partial charge in [-0.25, -0.2) is 13.1 Å². The minimum absolute atomic E-state index is 0.0680. The molecule has 2 atom stereocenters. The molecule has 21 heavy (non-hydrogen) atoms. The zero-order valence-electron chi connectivity index (χ0n) is 12.3. The van der Waals surface area contributed by atoms with Gasteiger partial charge in [0, 0.05) is 12.0 Å². The molecule has 0 heterocycles. The van der Waals surface area contributed by atoms with Crippen molar-refractivity contribution >= 4 is 15.9 Å². The summed E-state index contributed by atoms with van der Waals surface area (Å²) in [6, 6.07) is 6.74. The Kier molecular flexibility index (Phi) is 5.00. The maximum atomic E-state index is 12.4. The van der Waals surface area contributed by atoms with E-state index >= 15 is 0 Å². The monoisotopic (exact) mass is 309 g/mol. The van der Waals surface area contributed by atoms with Gasteiger partial charge in [0.1, 0.15) is 0 Å². The van der Waals surface area contributed by atoms with Crippen LogP contribution < -0.4 is 10.5 Å². The molecule has 1 fully saturated rings. The van der Waals surface area contributed by atoms with Crippen molar-refractivity contribution in [2.24, 2.45) is 11.7 Å². The van der Waals surface area contributed by atoms with Crippen LogP contribution >= 0.6 is 0 Å². The van der Waals surface area contributed by atoms with E-state index in [4.69, 9.17) is 11.1 Å². The van der Waals surface area contributed by atoms with E-state index in [2.05, 4.69) is 11.6 Å². The van der Waals surface area contributed by atoms with Crippen molar-refractivity contribution in [1.29, 1.82) is 5.41 Å². The predicted molar refractivity (Wildman–Crippen MR) is 83.8 cm³/mol. The lowest BCUT2D eigenvalue weighted by Crippen LogP contribution is -2.41. The van der Waals surface area contributed by atoms with Gasteiger partial charge in [0.15, 0.2) is 0 Å². The Balaban J connectivity index is 2.12. The van der Waals surface area contributed by atoms with Crippen molar-refractivity contribution in [2.75, 3.05) is 0 Å². The summed E-state index contributed by atoms with van der Waals surface area (Å²) in [5.74, 6) is -0.113. The van der Waals surface area contributed by atoms with Crippen LogP contribution in [0.2, 0.25) is 0 Å². The lowest BCUT2D eigenvalue weighted by atomic mass is 10.0. The van der Waals surface area contributed by atoms with Crippen molar-refractivity contribution in [3.8, 4) is 0 Å². The summed E-state index contributed by atoms with van der Waals surface area (Å²) in [5, 5.41) is 7.55. The first kappa shape index (κ1) is 16.0. The van der Waals surface area contributed by atoms with Gasteiger partial charge in [0.2, 0.25) is 10.0 Å². The Bertz CT molecular complexity index is 596. The van der Waals surface area contributed by atoms with Gasteiger partial charge in [0.05, 0.1) is 10.7 Å². The number of hydrogen-bond acceptors (Lipinski definition) is 3. The van der Waals surface area contributed by atoms with E-state index in [1.54, 1.807) is 12.1 Å². The molecule has 0 radical (unpaired) electrons. The van der Waals surface area contributed by atoms with E-state index in [-0.39, 0.29) is 22.7 Å². The van der Waals surface area contributed by atoms with Crippen LogP contribution in [-0.4, -0.2) is 20.3 Å². The summed E-state index contributed by atoms with van der Waals surface area (Å²) < 4.78 is 27.5. The van der Waals surface area contributed by atoms with Gasteiger partial charge >= 0.3 is 0 Å². The first-order chi connectivity index (χ1) is 9.94. The number of benzene rings is 1. The lowest BCUT2D eigenvalue weighted by Gasteiger charge is -2.19. The maximum Gasteiger partial charge on any atom is 0.240 e. The highest BCUT2D eigenvalue weighted by atomic mass is 32.2. The molecule has 1 saturated carbocycles. The van der Waals surface area contributed by atoms with Crippen LogP contribution in [0.25, 0.3) is 0 Å². The summed E-state index contributed by atoms with van der Waals surface area (Å²) in [4.78, 5) is 0.275. The van der Waals surface area contributed by atoms with Crippen molar-refractivity contribution in [3.63, 3.8) is 0 Å². The number of nitrogens with two attached hydrogens (primary N) is 1. The van der Waals surface area contributed by atoms with E-state index in [1.165, 1.54) is 0 Å². The largest absolute Gasteiger partial charge is 0.387 e. The molecular weight excluding hydrogens is 286 g/mol. The Morgan fingerprint density at radius 1 is 1.33 bits per heavy atom. The van der Waals surface area contributed by atoms with E-state index in [1.807, 2.05) is 12.1 Å². The summed E-state index contributed by atoms with van der Waals surface area (Å²) in [7, 11) is -3.54. The molecule has 1 aliphatic carbocycles. The normalized spacial score (nSPS) is 22.3. The standard InChI is InChI=1S/C15H23N3O2S/c1-2-4-11-7-9-12(10-8-11)21(19,20)18-14-6-3-5-13(14)15(16)17/h7-10,13-14,18H,2-6H2,1H3,(H3,16,17). The summed E-state index contributed by atoms with van der Waals surface area (Å²) in [6.45, 7) is 2.09. The fourth-order valence-corrected chi connectivity index (χ4v) is 4.18. The van der Waals surface area contributed by atoms with Gasteiger partial charge in [-0.2, -0.15) is 0 Å². The number of amidine groups is 1. The second-order valence-electron chi connectivity index (χ2n) is 5.61. The van der Waals surface area contributed by atoms with Gasteiger partial charge < -0.3 is 5.73 Å². The maximum absolute atomic E-state index is 12.4. The fourth-order valence-electron chi connectivity index (χ4n) is 2.86. The molecule has 1 aromatic carbocycles. The molecule has 5 nitrogen and oxygen atoms in total. The Morgan fingerprint density at radius 2 is 2.00 bits per heavy atom. The molecule has 116 valence electrons. The molecule has 1 aliphatic rings. The molecule has 0 aliphatic heterocycles. The molecule has 1 aromatic rings. The van der Waals surface area contributed by atoms with Crippen LogP contribution in [-0.2, 0) is 16.4 Å². The number of hydrogen-bond donors (Lipinski definition) is 3. The Hall–Kier alpha value is -1.40. The lowest BCUT2D eigenvalue weighted by molar-refractivity contribution is 0.521. The molecule has 2 rings (SSSR count). The van der Waals surface area contributed by atoms with Crippen LogP contribution in [0.5, 0.6) is 0 Å². The highest BCUT2D eigenvalue weighted by Gasteiger charge is 2.33. The van der Waals surface area contributed by atoms with Crippen molar-refractivity contribution in [3.05, 3.63) is 29.8 Å². The third kappa shape index (κ3) is 3.83. The van der Waals surface area contributed by atoms with Gasteiger partial charge in [-0.15, -0.1) is 0 Å².